The van der Waals surface area contributed by atoms with Gasteiger partial charge in [0.05, 0.1) is 13.0 Å². The van der Waals surface area contributed by atoms with Crippen molar-refractivity contribution in [1.82, 2.24) is 9.47 Å². The van der Waals surface area contributed by atoms with Crippen molar-refractivity contribution in [3.8, 4) is 5.75 Å². The zero-order chi connectivity index (χ0) is 25.3. The molecule has 1 amide bonds. The van der Waals surface area contributed by atoms with E-state index in [9.17, 15) is 9.59 Å². The van der Waals surface area contributed by atoms with Crippen molar-refractivity contribution in [2.45, 2.75) is 32.9 Å². The Morgan fingerprint density at radius 3 is 2.31 bits per heavy atom. The number of rotatable bonds is 11. The standard InChI is InChI=1S/C30H32N2O4/c1-3-35-30(34)18-25-20-32(21-29(33)31(2)17-16-23-10-6-4-7-11-23)28-15-14-26(19-27(25)28)36-22-24-12-8-5-9-13-24/h4-15,19-20H,3,16-18,21-22H2,1-2H3. The monoisotopic (exact) mass is 484 g/mol. The first-order chi connectivity index (χ1) is 17.5. The third kappa shape index (κ3) is 6.54. The molecule has 0 radical (unpaired) electrons. The van der Waals surface area contributed by atoms with Gasteiger partial charge in [0.25, 0.3) is 0 Å². The van der Waals surface area contributed by atoms with Gasteiger partial charge >= 0.3 is 5.97 Å². The van der Waals surface area contributed by atoms with Gasteiger partial charge in [0, 0.05) is 30.7 Å². The summed E-state index contributed by atoms with van der Waals surface area (Å²) >= 11 is 0. The minimum absolute atomic E-state index is 0.00919. The van der Waals surface area contributed by atoms with Gasteiger partial charge in [0.1, 0.15) is 18.9 Å². The first kappa shape index (κ1) is 25.0. The van der Waals surface area contributed by atoms with Crippen molar-refractivity contribution < 1.29 is 19.1 Å². The Kier molecular flexibility index (Phi) is 8.40. The number of nitrogens with zero attached hydrogens (tertiary/aromatic N) is 2. The van der Waals surface area contributed by atoms with E-state index in [0.717, 1.165) is 28.5 Å². The molecular weight excluding hydrogens is 452 g/mol. The summed E-state index contributed by atoms with van der Waals surface area (Å²) in [6.07, 6.45) is 2.81. The van der Waals surface area contributed by atoms with Crippen LogP contribution in [0.1, 0.15) is 23.6 Å². The number of aromatic nitrogens is 1. The van der Waals surface area contributed by atoms with Crippen LogP contribution in [0.4, 0.5) is 0 Å². The Morgan fingerprint density at radius 2 is 1.61 bits per heavy atom. The topological polar surface area (TPSA) is 60.8 Å². The molecule has 0 aliphatic heterocycles. The van der Waals surface area contributed by atoms with Crippen molar-refractivity contribution in [2.75, 3.05) is 20.2 Å². The number of ether oxygens (including phenoxy) is 2. The van der Waals surface area contributed by atoms with Gasteiger partial charge in [-0.3, -0.25) is 9.59 Å². The molecule has 1 aromatic heterocycles. The Labute approximate surface area is 212 Å². The van der Waals surface area contributed by atoms with Crippen molar-refractivity contribution >= 4 is 22.8 Å². The molecule has 0 fully saturated rings. The number of esters is 1. The van der Waals surface area contributed by atoms with Crippen LogP contribution < -0.4 is 4.74 Å². The van der Waals surface area contributed by atoms with Crippen LogP contribution in [0.25, 0.3) is 10.9 Å². The number of carbonyl (C=O) groups is 2. The van der Waals surface area contributed by atoms with Gasteiger partial charge in [-0.25, -0.2) is 0 Å². The lowest BCUT2D eigenvalue weighted by Gasteiger charge is -2.18. The molecule has 1 heterocycles. The highest BCUT2D eigenvalue weighted by Gasteiger charge is 2.17. The van der Waals surface area contributed by atoms with E-state index in [0.29, 0.717) is 25.5 Å². The van der Waals surface area contributed by atoms with E-state index in [4.69, 9.17) is 9.47 Å². The van der Waals surface area contributed by atoms with E-state index in [1.165, 1.54) is 5.56 Å². The van der Waals surface area contributed by atoms with Crippen LogP contribution >= 0.6 is 0 Å². The molecule has 0 saturated carbocycles. The second-order valence-corrected chi connectivity index (χ2v) is 8.77. The molecule has 6 heteroatoms. The first-order valence-corrected chi connectivity index (χ1v) is 12.3. The van der Waals surface area contributed by atoms with Crippen molar-refractivity contribution in [2.24, 2.45) is 0 Å². The van der Waals surface area contributed by atoms with Gasteiger partial charge in [-0.2, -0.15) is 0 Å². The molecule has 6 nitrogen and oxygen atoms in total. The molecule has 0 aliphatic rings. The van der Waals surface area contributed by atoms with Crippen molar-refractivity contribution in [1.29, 1.82) is 0 Å². The molecule has 0 aliphatic carbocycles. The van der Waals surface area contributed by atoms with Gasteiger partial charge in [-0.15, -0.1) is 0 Å². The fraction of sp³-hybridized carbons (Fsp3) is 0.267. The lowest BCUT2D eigenvalue weighted by molar-refractivity contribution is -0.142. The van der Waals surface area contributed by atoms with Crippen LogP contribution in [-0.4, -0.2) is 41.5 Å². The highest BCUT2D eigenvalue weighted by molar-refractivity contribution is 5.90. The molecule has 4 rings (SSSR count). The predicted octanol–water partition coefficient (Wildman–Crippen LogP) is 5.03. The van der Waals surface area contributed by atoms with E-state index in [1.807, 2.05) is 84.5 Å². The third-order valence-electron chi connectivity index (χ3n) is 6.13. The molecule has 0 unspecified atom stereocenters. The molecule has 0 atom stereocenters. The average molecular weight is 485 g/mol. The summed E-state index contributed by atoms with van der Waals surface area (Å²) in [6.45, 7) is 3.39. The first-order valence-electron chi connectivity index (χ1n) is 12.3. The number of amides is 1. The Balaban J connectivity index is 1.51. The summed E-state index contributed by atoms with van der Waals surface area (Å²) in [5.41, 5.74) is 3.97. The molecule has 186 valence electrons. The van der Waals surface area contributed by atoms with Crippen LogP contribution in [0.2, 0.25) is 0 Å². The second kappa shape index (κ2) is 12.1. The van der Waals surface area contributed by atoms with Gasteiger partial charge in [-0.05, 0) is 48.2 Å². The average Bonchev–Trinajstić information content (AvgIpc) is 3.23. The number of carbonyl (C=O) groups excluding carboxylic acids is 2. The van der Waals surface area contributed by atoms with Crippen molar-refractivity contribution in [3.05, 3.63) is 102 Å². The van der Waals surface area contributed by atoms with E-state index in [2.05, 4.69) is 12.1 Å². The fourth-order valence-corrected chi connectivity index (χ4v) is 4.15. The molecule has 0 spiro atoms. The minimum Gasteiger partial charge on any atom is -0.489 e. The quantitative estimate of drug-likeness (QED) is 0.280. The smallest absolute Gasteiger partial charge is 0.310 e. The van der Waals surface area contributed by atoms with Crippen LogP contribution in [0.3, 0.4) is 0 Å². The number of hydrogen-bond donors (Lipinski definition) is 0. The maximum Gasteiger partial charge on any atom is 0.310 e. The summed E-state index contributed by atoms with van der Waals surface area (Å²) in [4.78, 5) is 27.1. The Bertz CT molecular complexity index is 1300. The molecule has 36 heavy (non-hydrogen) atoms. The summed E-state index contributed by atoms with van der Waals surface area (Å²) in [5, 5.41) is 0.883. The zero-order valence-electron chi connectivity index (χ0n) is 20.9. The van der Waals surface area contributed by atoms with Crippen LogP contribution in [0.5, 0.6) is 5.75 Å². The Morgan fingerprint density at radius 1 is 0.917 bits per heavy atom. The van der Waals surface area contributed by atoms with Gasteiger partial charge < -0.3 is 18.9 Å². The van der Waals surface area contributed by atoms with Crippen LogP contribution in [0, 0.1) is 0 Å². The van der Waals surface area contributed by atoms with Gasteiger partial charge in [-0.1, -0.05) is 60.7 Å². The number of hydrogen-bond acceptors (Lipinski definition) is 4. The minimum atomic E-state index is -0.293. The third-order valence-corrected chi connectivity index (χ3v) is 6.13. The molecular formula is C30H32N2O4. The van der Waals surface area contributed by atoms with E-state index in [-0.39, 0.29) is 24.8 Å². The van der Waals surface area contributed by atoms with Gasteiger partial charge in [0.15, 0.2) is 0 Å². The molecule has 0 saturated heterocycles. The maximum absolute atomic E-state index is 13.0. The zero-order valence-corrected chi connectivity index (χ0v) is 20.9. The lowest BCUT2D eigenvalue weighted by Crippen LogP contribution is -2.31. The number of fused-ring (bicyclic) bond motifs is 1. The maximum atomic E-state index is 13.0. The normalized spacial score (nSPS) is 10.8. The van der Waals surface area contributed by atoms with E-state index in [1.54, 1.807) is 11.8 Å². The fourth-order valence-electron chi connectivity index (χ4n) is 4.15. The molecule has 0 N–H and O–H groups in total. The summed E-state index contributed by atoms with van der Waals surface area (Å²) in [6, 6.07) is 25.9. The summed E-state index contributed by atoms with van der Waals surface area (Å²) in [7, 11) is 1.83. The highest BCUT2D eigenvalue weighted by Crippen LogP contribution is 2.27. The second-order valence-electron chi connectivity index (χ2n) is 8.77. The molecule has 3 aromatic carbocycles. The van der Waals surface area contributed by atoms with Crippen LogP contribution in [0.15, 0.2) is 85.1 Å². The summed E-state index contributed by atoms with van der Waals surface area (Å²) < 4.78 is 13.1. The largest absolute Gasteiger partial charge is 0.489 e. The van der Waals surface area contributed by atoms with E-state index >= 15 is 0 Å². The number of benzene rings is 3. The Hall–Kier alpha value is -4.06. The molecule has 0 bridgehead atoms. The predicted molar refractivity (Wildman–Crippen MR) is 141 cm³/mol. The molecule has 4 aromatic rings. The van der Waals surface area contributed by atoms with Crippen molar-refractivity contribution in [3.63, 3.8) is 0 Å². The highest BCUT2D eigenvalue weighted by atomic mass is 16.5. The van der Waals surface area contributed by atoms with Crippen LogP contribution in [-0.2, 0) is 40.3 Å². The summed E-state index contributed by atoms with van der Waals surface area (Å²) in [5.74, 6) is 0.425. The number of likely N-dealkylation sites (N-methyl/N-ethyl adjacent to an activating group) is 1. The lowest BCUT2D eigenvalue weighted by atomic mass is 10.1. The van der Waals surface area contributed by atoms with E-state index < -0.39 is 0 Å². The SMILES string of the molecule is CCOC(=O)Cc1cn(CC(=O)N(C)CCc2ccccc2)c2ccc(OCc3ccccc3)cc12. The van der Waals surface area contributed by atoms with Gasteiger partial charge in [0.2, 0.25) is 5.91 Å².